The van der Waals surface area contributed by atoms with Gasteiger partial charge in [-0.3, -0.25) is 4.79 Å². The molecule has 154 valence electrons. The minimum atomic E-state index is -0.0510. The lowest BCUT2D eigenvalue weighted by Crippen LogP contribution is -2.36. The van der Waals surface area contributed by atoms with Crippen LogP contribution in [0.5, 0.6) is 0 Å². The average Bonchev–Trinajstić information content (AvgIpc) is 3.41. The van der Waals surface area contributed by atoms with E-state index in [1.807, 2.05) is 30.0 Å². The number of urea groups is 1. The molecule has 0 aliphatic carbocycles. The van der Waals surface area contributed by atoms with Gasteiger partial charge in [-0.2, -0.15) is 11.8 Å². The van der Waals surface area contributed by atoms with Gasteiger partial charge in [0, 0.05) is 23.8 Å². The number of carbonyl (C=O) groups excluding carboxylic acids is 2. The number of fused-ring (bicyclic) bond motifs is 1. The summed E-state index contributed by atoms with van der Waals surface area (Å²) in [5.41, 5.74) is 1.27. The SMILES string of the molecule is O=C(CCCCC1SCC2NC(=O)NC21)Nc1nnc(CCc2ccccc2)s1. The molecule has 0 saturated carbocycles. The Bertz CT molecular complexity index is 844. The van der Waals surface area contributed by atoms with E-state index < -0.39 is 0 Å². The van der Waals surface area contributed by atoms with E-state index in [9.17, 15) is 9.59 Å². The first-order chi connectivity index (χ1) is 14.2. The van der Waals surface area contributed by atoms with Gasteiger partial charge in [-0.15, -0.1) is 10.2 Å². The molecular weight excluding hydrogens is 406 g/mol. The Morgan fingerprint density at radius 1 is 1.14 bits per heavy atom. The maximum Gasteiger partial charge on any atom is 0.315 e. The third-order valence-electron chi connectivity index (χ3n) is 5.26. The van der Waals surface area contributed by atoms with Crippen LogP contribution in [0.4, 0.5) is 9.93 Å². The van der Waals surface area contributed by atoms with Crippen LogP contribution in [0.3, 0.4) is 0 Å². The van der Waals surface area contributed by atoms with E-state index in [4.69, 9.17) is 0 Å². The number of carbonyl (C=O) groups is 2. The van der Waals surface area contributed by atoms with Gasteiger partial charge in [-0.05, 0) is 24.8 Å². The summed E-state index contributed by atoms with van der Waals surface area (Å²) in [6, 6.07) is 10.7. The van der Waals surface area contributed by atoms with E-state index in [1.165, 1.54) is 16.9 Å². The average molecular weight is 432 g/mol. The lowest BCUT2D eigenvalue weighted by molar-refractivity contribution is -0.116. The highest BCUT2D eigenvalue weighted by Gasteiger charge is 2.42. The summed E-state index contributed by atoms with van der Waals surface area (Å²) < 4.78 is 0. The van der Waals surface area contributed by atoms with E-state index in [0.717, 1.165) is 42.9 Å². The number of nitrogens with one attached hydrogen (secondary N) is 3. The number of aromatic nitrogens is 2. The number of aryl methyl sites for hydroxylation is 2. The molecule has 4 rings (SSSR count). The van der Waals surface area contributed by atoms with Gasteiger partial charge in [0.2, 0.25) is 11.0 Å². The number of thioether (sulfide) groups is 1. The number of anilines is 1. The quantitative estimate of drug-likeness (QED) is 0.419. The smallest absolute Gasteiger partial charge is 0.315 e. The van der Waals surface area contributed by atoms with Crippen molar-refractivity contribution < 1.29 is 9.59 Å². The molecule has 3 N–H and O–H groups in total. The number of benzene rings is 1. The number of nitrogens with zero attached hydrogens (tertiary/aromatic N) is 2. The molecule has 3 heterocycles. The van der Waals surface area contributed by atoms with Gasteiger partial charge >= 0.3 is 6.03 Å². The highest BCUT2D eigenvalue weighted by atomic mass is 32.2. The van der Waals surface area contributed by atoms with E-state index in [2.05, 4.69) is 38.3 Å². The van der Waals surface area contributed by atoms with E-state index in [0.29, 0.717) is 16.8 Å². The fraction of sp³-hybridized carbons (Fsp3) is 0.500. The normalized spacial score (nSPS) is 22.8. The summed E-state index contributed by atoms with van der Waals surface area (Å²) in [6.45, 7) is 0. The first-order valence-corrected chi connectivity index (χ1v) is 11.9. The number of amides is 3. The molecule has 1 aromatic heterocycles. The van der Waals surface area contributed by atoms with E-state index in [1.54, 1.807) is 0 Å². The van der Waals surface area contributed by atoms with E-state index in [-0.39, 0.29) is 24.0 Å². The molecule has 0 bridgehead atoms. The molecule has 2 aliphatic rings. The fourth-order valence-corrected chi connectivity index (χ4v) is 6.06. The van der Waals surface area contributed by atoms with Gasteiger partial charge in [-0.1, -0.05) is 48.1 Å². The predicted molar refractivity (Wildman–Crippen MR) is 116 cm³/mol. The summed E-state index contributed by atoms with van der Waals surface area (Å²) >= 11 is 3.36. The van der Waals surface area contributed by atoms with Crippen LogP contribution in [-0.4, -0.2) is 45.2 Å². The molecule has 2 saturated heterocycles. The summed E-state index contributed by atoms with van der Waals surface area (Å²) in [5.74, 6) is 0.960. The predicted octanol–water partition coefficient (Wildman–Crippen LogP) is 2.99. The van der Waals surface area contributed by atoms with Crippen molar-refractivity contribution in [3.8, 4) is 0 Å². The van der Waals surface area contributed by atoms with Gasteiger partial charge in [0.05, 0.1) is 12.1 Å². The third-order valence-corrected chi connectivity index (χ3v) is 7.67. The monoisotopic (exact) mass is 431 g/mol. The van der Waals surface area contributed by atoms with Crippen LogP contribution in [0, 0.1) is 0 Å². The molecule has 3 unspecified atom stereocenters. The molecule has 2 aliphatic heterocycles. The number of hydrogen-bond acceptors (Lipinski definition) is 6. The van der Waals surface area contributed by atoms with Crippen LogP contribution in [0.2, 0.25) is 0 Å². The van der Waals surface area contributed by atoms with Crippen molar-refractivity contribution in [3.63, 3.8) is 0 Å². The molecule has 1 aromatic carbocycles. The van der Waals surface area contributed by atoms with Crippen molar-refractivity contribution in [3.05, 3.63) is 40.9 Å². The summed E-state index contributed by atoms with van der Waals surface area (Å²) in [6.07, 6.45) is 5.05. The van der Waals surface area contributed by atoms with Crippen molar-refractivity contribution in [2.75, 3.05) is 11.1 Å². The van der Waals surface area contributed by atoms with Crippen molar-refractivity contribution in [1.82, 2.24) is 20.8 Å². The molecule has 7 nitrogen and oxygen atoms in total. The third kappa shape index (κ3) is 5.48. The Kier molecular flexibility index (Phi) is 6.66. The van der Waals surface area contributed by atoms with Crippen LogP contribution >= 0.6 is 23.1 Å². The lowest BCUT2D eigenvalue weighted by Gasteiger charge is -2.16. The van der Waals surface area contributed by atoms with Crippen molar-refractivity contribution in [1.29, 1.82) is 0 Å². The summed E-state index contributed by atoms with van der Waals surface area (Å²) in [4.78, 5) is 23.6. The highest BCUT2D eigenvalue weighted by molar-refractivity contribution is 8.00. The maximum absolute atomic E-state index is 12.2. The van der Waals surface area contributed by atoms with Gasteiger partial charge in [0.25, 0.3) is 0 Å². The zero-order valence-corrected chi connectivity index (χ0v) is 17.7. The molecule has 0 spiro atoms. The maximum atomic E-state index is 12.2. The van der Waals surface area contributed by atoms with Crippen LogP contribution in [-0.2, 0) is 17.6 Å². The molecule has 3 amide bonds. The summed E-state index contributed by atoms with van der Waals surface area (Å²) in [7, 11) is 0. The first-order valence-electron chi connectivity index (χ1n) is 10.0. The second kappa shape index (κ2) is 9.58. The Labute approximate surface area is 178 Å². The zero-order valence-electron chi connectivity index (χ0n) is 16.1. The Hall–Kier alpha value is -2.13. The highest BCUT2D eigenvalue weighted by Crippen LogP contribution is 2.33. The van der Waals surface area contributed by atoms with Crippen molar-refractivity contribution in [2.45, 2.75) is 55.9 Å². The number of unbranched alkanes of at least 4 members (excludes halogenated alkanes) is 1. The molecule has 0 radical (unpaired) electrons. The topological polar surface area (TPSA) is 96.0 Å². The second-order valence-corrected chi connectivity index (χ2v) is 9.74. The Morgan fingerprint density at radius 2 is 2.00 bits per heavy atom. The van der Waals surface area contributed by atoms with E-state index >= 15 is 0 Å². The van der Waals surface area contributed by atoms with Crippen molar-refractivity contribution >= 4 is 40.2 Å². The molecule has 29 heavy (non-hydrogen) atoms. The largest absolute Gasteiger partial charge is 0.332 e. The molecular formula is C20H25N5O2S2. The molecule has 9 heteroatoms. The minimum Gasteiger partial charge on any atom is -0.332 e. The molecule has 3 atom stereocenters. The van der Waals surface area contributed by atoms with Crippen LogP contribution in [0.15, 0.2) is 30.3 Å². The molecule has 2 aromatic rings. The zero-order chi connectivity index (χ0) is 20.1. The minimum absolute atomic E-state index is 0.0106. The fourth-order valence-electron chi connectivity index (χ4n) is 3.76. The van der Waals surface area contributed by atoms with Gasteiger partial charge in [0.15, 0.2) is 0 Å². The lowest BCUT2D eigenvalue weighted by atomic mass is 10.0. The van der Waals surface area contributed by atoms with Crippen LogP contribution < -0.4 is 16.0 Å². The standard InChI is InChI=1S/C20H25N5O2S2/c26-16(9-5-4-8-15-18-14(12-28-15)21-19(27)23-18)22-20-25-24-17(29-20)11-10-13-6-2-1-3-7-13/h1-3,6-7,14-15,18H,4-5,8-12H2,(H2,21,23,27)(H,22,25,26). The van der Waals surface area contributed by atoms with Gasteiger partial charge in [0.1, 0.15) is 5.01 Å². The van der Waals surface area contributed by atoms with Crippen LogP contribution in [0.25, 0.3) is 0 Å². The molecule has 2 fully saturated rings. The second-order valence-electron chi connectivity index (χ2n) is 7.40. The van der Waals surface area contributed by atoms with Crippen molar-refractivity contribution in [2.24, 2.45) is 0 Å². The number of rotatable bonds is 9. The van der Waals surface area contributed by atoms with Gasteiger partial charge < -0.3 is 16.0 Å². The van der Waals surface area contributed by atoms with Crippen LogP contribution in [0.1, 0.15) is 36.3 Å². The summed E-state index contributed by atoms with van der Waals surface area (Å²) in [5, 5.41) is 19.0. The first kappa shape index (κ1) is 20.2. The van der Waals surface area contributed by atoms with Gasteiger partial charge in [-0.25, -0.2) is 4.79 Å². The number of hydrogen-bond donors (Lipinski definition) is 3. The Balaban J connectivity index is 1.13. The Morgan fingerprint density at radius 3 is 2.86 bits per heavy atom.